The molecule has 0 spiro atoms. The number of ether oxygens (including phenoxy) is 1. The largest absolute Gasteiger partial charge is 0.476 e. The summed E-state index contributed by atoms with van der Waals surface area (Å²) in [6.07, 6.45) is 1.94. The van der Waals surface area contributed by atoms with Gasteiger partial charge in [-0.1, -0.05) is 20.8 Å². The predicted molar refractivity (Wildman–Crippen MR) is 104 cm³/mol. The van der Waals surface area contributed by atoms with Crippen LogP contribution in [0.2, 0.25) is 0 Å². The van der Waals surface area contributed by atoms with Gasteiger partial charge in [0.1, 0.15) is 0 Å². The number of carbonyl (C=O) groups is 1. The first-order valence-electron chi connectivity index (χ1n) is 10.0. The van der Waals surface area contributed by atoms with E-state index in [1.54, 1.807) is 0 Å². The van der Waals surface area contributed by atoms with Gasteiger partial charge in [0.15, 0.2) is 0 Å². The molecule has 2 N–H and O–H groups in total. The fourth-order valence-electron chi connectivity index (χ4n) is 3.83. The molecule has 0 bridgehead atoms. The maximum Gasteiger partial charge on any atom is 0.233 e. The first kappa shape index (κ1) is 20.0. The number of likely N-dealkylation sites (tertiary alicyclic amines) is 1. The summed E-state index contributed by atoms with van der Waals surface area (Å²) < 4.78 is 5.85. The third-order valence-corrected chi connectivity index (χ3v) is 5.70. The van der Waals surface area contributed by atoms with Crippen LogP contribution in [0.3, 0.4) is 0 Å². The fraction of sp³-hybridized carbons (Fsp3) is 0.750. The van der Waals surface area contributed by atoms with E-state index < -0.39 is 0 Å². The molecule has 2 saturated heterocycles. The lowest BCUT2D eigenvalue weighted by Gasteiger charge is -2.34. The zero-order chi connectivity index (χ0) is 19.6. The molecule has 3 rings (SSSR count). The lowest BCUT2D eigenvalue weighted by Crippen LogP contribution is -2.47. The van der Waals surface area contributed by atoms with Crippen LogP contribution >= 0.6 is 0 Å². The third-order valence-electron chi connectivity index (χ3n) is 5.70. The first-order chi connectivity index (χ1) is 12.8. The van der Waals surface area contributed by atoms with E-state index in [1.807, 2.05) is 17.0 Å². The maximum atomic E-state index is 12.8. The van der Waals surface area contributed by atoms with Crippen molar-refractivity contribution in [3.63, 3.8) is 0 Å². The van der Waals surface area contributed by atoms with E-state index in [-0.39, 0.29) is 29.3 Å². The molecule has 1 aromatic rings. The number of rotatable bonds is 4. The molecule has 0 aromatic carbocycles. The van der Waals surface area contributed by atoms with Gasteiger partial charge in [-0.3, -0.25) is 15.6 Å². The van der Waals surface area contributed by atoms with E-state index in [4.69, 9.17) is 4.74 Å². The molecule has 27 heavy (non-hydrogen) atoms. The lowest BCUT2D eigenvalue weighted by atomic mass is 9.92. The standard InChI is InChI=1S/C20H33N5O2/c1-13-18(14(2)22-21-13)19(26)25-10-8-15(9-11-25)12-27-17-7-6-16(23-24-17)20(3,4)5/h6-7,13-15,18,21-22H,8-12H2,1-5H3. The van der Waals surface area contributed by atoms with Crippen molar-refractivity contribution in [2.75, 3.05) is 19.7 Å². The Kier molecular flexibility index (Phi) is 6.01. The van der Waals surface area contributed by atoms with Gasteiger partial charge in [0.25, 0.3) is 0 Å². The topological polar surface area (TPSA) is 79.4 Å². The Morgan fingerprint density at radius 3 is 2.30 bits per heavy atom. The van der Waals surface area contributed by atoms with Gasteiger partial charge in [-0.15, -0.1) is 5.10 Å². The highest BCUT2D eigenvalue weighted by molar-refractivity contribution is 5.80. The molecule has 1 aromatic heterocycles. The van der Waals surface area contributed by atoms with Crippen LogP contribution in [0.25, 0.3) is 0 Å². The minimum Gasteiger partial charge on any atom is -0.476 e. The van der Waals surface area contributed by atoms with Crippen LogP contribution in [0, 0.1) is 11.8 Å². The van der Waals surface area contributed by atoms with Crippen LogP contribution in [-0.4, -0.2) is 52.8 Å². The molecule has 1 amide bonds. The summed E-state index contributed by atoms with van der Waals surface area (Å²) in [6.45, 7) is 12.7. The number of nitrogens with one attached hydrogen (secondary N) is 2. The van der Waals surface area contributed by atoms with Gasteiger partial charge in [-0.2, -0.15) is 5.10 Å². The second-order valence-corrected chi connectivity index (χ2v) is 8.98. The van der Waals surface area contributed by atoms with Gasteiger partial charge < -0.3 is 9.64 Å². The Labute approximate surface area is 162 Å². The van der Waals surface area contributed by atoms with Gasteiger partial charge in [0.2, 0.25) is 11.8 Å². The molecule has 150 valence electrons. The van der Waals surface area contributed by atoms with Crippen LogP contribution in [0.1, 0.15) is 53.2 Å². The molecule has 2 atom stereocenters. The van der Waals surface area contributed by atoms with Crippen molar-refractivity contribution >= 4 is 5.91 Å². The third kappa shape index (κ3) is 4.76. The summed E-state index contributed by atoms with van der Waals surface area (Å²) in [7, 11) is 0. The van der Waals surface area contributed by atoms with E-state index in [9.17, 15) is 4.79 Å². The van der Waals surface area contributed by atoms with Crippen molar-refractivity contribution in [3.05, 3.63) is 17.8 Å². The molecule has 2 aliphatic heterocycles. The summed E-state index contributed by atoms with van der Waals surface area (Å²) in [5, 5.41) is 8.46. The minimum atomic E-state index is -0.00967. The van der Waals surface area contributed by atoms with Crippen molar-refractivity contribution in [3.8, 4) is 5.88 Å². The van der Waals surface area contributed by atoms with E-state index >= 15 is 0 Å². The summed E-state index contributed by atoms with van der Waals surface area (Å²) in [5.41, 5.74) is 7.29. The van der Waals surface area contributed by atoms with E-state index in [2.05, 4.69) is 55.7 Å². The number of amides is 1. The zero-order valence-electron chi connectivity index (χ0n) is 17.2. The van der Waals surface area contributed by atoms with Gasteiger partial charge in [0, 0.05) is 36.7 Å². The number of aromatic nitrogens is 2. The van der Waals surface area contributed by atoms with Gasteiger partial charge in [-0.25, -0.2) is 0 Å². The van der Waals surface area contributed by atoms with Gasteiger partial charge >= 0.3 is 0 Å². The summed E-state index contributed by atoms with van der Waals surface area (Å²) in [5.74, 6) is 1.30. The van der Waals surface area contributed by atoms with Gasteiger partial charge in [-0.05, 0) is 38.7 Å². The van der Waals surface area contributed by atoms with Crippen molar-refractivity contribution in [2.24, 2.45) is 11.8 Å². The Balaban J connectivity index is 1.45. The monoisotopic (exact) mass is 375 g/mol. The number of carbonyl (C=O) groups excluding carboxylic acids is 1. The average molecular weight is 376 g/mol. The first-order valence-corrected chi connectivity index (χ1v) is 10.0. The number of hydrazine groups is 1. The molecule has 2 fully saturated rings. The second kappa shape index (κ2) is 8.10. The number of hydrogen-bond acceptors (Lipinski definition) is 6. The molecular formula is C20H33N5O2. The van der Waals surface area contributed by atoms with Crippen molar-refractivity contribution in [1.29, 1.82) is 0 Å². The summed E-state index contributed by atoms with van der Waals surface area (Å²) in [4.78, 5) is 14.8. The maximum absolute atomic E-state index is 12.8. The number of hydrogen-bond donors (Lipinski definition) is 2. The van der Waals surface area contributed by atoms with Crippen molar-refractivity contribution < 1.29 is 9.53 Å². The van der Waals surface area contributed by atoms with Crippen LogP contribution in [0.4, 0.5) is 0 Å². The Morgan fingerprint density at radius 1 is 1.15 bits per heavy atom. The molecule has 2 unspecified atom stereocenters. The van der Waals surface area contributed by atoms with Crippen LogP contribution in [0.15, 0.2) is 12.1 Å². The number of nitrogens with zero attached hydrogens (tertiary/aromatic N) is 3. The van der Waals surface area contributed by atoms with Crippen LogP contribution in [-0.2, 0) is 10.2 Å². The molecule has 7 heteroatoms. The second-order valence-electron chi connectivity index (χ2n) is 8.98. The molecule has 3 heterocycles. The summed E-state index contributed by atoms with van der Waals surface area (Å²) in [6, 6.07) is 4.22. The smallest absolute Gasteiger partial charge is 0.233 e. The van der Waals surface area contributed by atoms with Crippen LogP contribution in [0.5, 0.6) is 5.88 Å². The van der Waals surface area contributed by atoms with E-state index in [1.165, 1.54) is 0 Å². The molecule has 7 nitrogen and oxygen atoms in total. The Hall–Kier alpha value is -1.73. The quantitative estimate of drug-likeness (QED) is 0.837. The highest BCUT2D eigenvalue weighted by Crippen LogP contribution is 2.24. The molecular weight excluding hydrogens is 342 g/mol. The fourth-order valence-corrected chi connectivity index (χ4v) is 3.83. The average Bonchev–Trinajstić information content (AvgIpc) is 2.98. The molecule has 0 saturated carbocycles. The highest BCUT2D eigenvalue weighted by atomic mass is 16.5. The van der Waals surface area contributed by atoms with Crippen molar-refractivity contribution in [2.45, 2.75) is 65.0 Å². The highest BCUT2D eigenvalue weighted by Gasteiger charge is 2.39. The normalized spacial score (nSPS) is 27.0. The van der Waals surface area contributed by atoms with Crippen LogP contribution < -0.4 is 15.6 Å². The minimum absolute atomic E-state index is 0.00871. The zero-order valence-corrected chi connectivity index (χ0v) is 17.2. The Bertz CT molecular complexity index is 625. The summed E-state index contributed by atoms with van der Waals surface area (Å²) >= 11 is 0. The molecule has 2 aliphatic rings. The molecule has 0 aliphatic carbocycles. The lowest BCUT2D eigenvalue weighted by molar-refractivity contribution is -0.137. The van der Waals surface area contributed by atoms with E-state index in [0.717, 1.165) is 31.6 Å². The van der Waals surface area contributed by atoms with Gasteiger partial charge in [0.05, 0.1) is 18.2 Å². The SMILES string of the molecule is CC1NNC(C)C1C(=O)N1CCC(COc2ccc(C(C)(C)C)nn2)CC1. The Morgan fingerprint density at radius 2 is 1.78 bits per heavy atom. The van der Waals surface area contributed by atoms with E-state index in [0.29, 0.717) is 18.4 Å². The predicted octanol–water partition coefficient (Wildman–Crippen LogP) is 1.89. The van der Waals surface area contributed by atoms with Crippen molar-refractivity contribution in [1.82, 2.24) is 25.9 Å². The molecule has 0 radical (unpaired) electrons. The number of piperidine rings is 1.